The zero-order chi connectivity index (χ0) is 17.1. The van der Waals surface area contributed by atoms with Crippen LogP contribution in [-0.4, -0.2) is 26.2 Å². The van der Waals surface area contributed by atoms with E-state index in [1.54, 1.807) is 12.1 Å². The molecule has 8 heteroatoms. The molecule has 0 unspecified atom stereocenters. The predicted octanol–water partition coefficient (Wildman–Crippen LogP) is 2.23. The van der Waals surface area contributed by atoms with E-state index in [9.17, 15) is 4.79 Å². The second kappa shape index (κ2) is 6.61. The molecule has 0 spiro atoms. The van der Waals surface area contributed by atoms with Crippen molar-refractivity contribution in [1.29, 1.82) is 0 Å². The highest BCUT2D eigenvalue weighted by Crippen LogP contribution is 2.24. The Morgan fingerprint density at radius 2 is 2.00 bits per heavy atom. The molecule has 0 aliphatic rings. The highest BCUT2D eigenvalue weighted by molar-refractivity contribution is 5.92. The number of aryl methyl sites for hydroxylation is 3. The van der Waals surface area contributed by atoms with Gasteiger partial charge in [0, 0.05) is 6.42 Å². The Kier molecular flexibility index (Phi) is 4.37. The van der Waals surface area contributed by atoms with E-state index >= 15 is 0 Å². The van der Waals surface area contributed by atoms with Crippen molar-refractivity contribution in [3.63, 3.8) is 0 Å². The van der Waals surface area contributed by atoms with Crippen LogP contribution in [0.2, 0.25) is 0 Å². The van der Waals surface area contributed by atoms with Crippen molar-refractivity contribution in [3.05, 3.63) is 47.1 Å². The fourth-order valence-electron chi connectivity index (χ4n) is 2.30. The quantitative estimate of drug-likeness (QED) is 0.765. The van der Waals surface area contributed by atoms with Crippen molar-refractivity contribution in [1.82, 2.24) is 25.6 Å². The molecule has 1 N–H and O–H groups in total. The summed E-state index contributed by atoms with van der Waals surface area (Å²) < 4.78 is 10.2. The second-order valence-corrected chi connectivity index (χ2v) is 5.25. The van der Waals surface area contributed by atoms with Crippen LogP contribution in [0.1, 0.15) is 40.6 Å². The van der Waals surface area contributed by atoms with Gasteiger partial charge in [-0.15, -0.1) is 0 Å². The molecular formula is C16H17N5O3. The van der Waals surface area contributed by atoms with Gasteiger partial charge in [0.05, 0.1) is 23.5 Å². The van der Waals surface area contributed by atoms with Crippen LogP contribution in [0.25, 0.3) is 11.3 Å². The van der Waals surface area contributed by atoms with Crippen LogP contribution >= 0.6 is 0 Å². The molecule has 124 valence electrons. The molecule has 0 aromatic carbocycles. The van der Waals surface area contributed by atoms with Crippen molar-refractivity contribution in [3.8, 4) is 11.3 Å². The SMILES string of the molecule is CCc1nc(CNC(=O)c2cccc(-c3c(C)noc3C)n2)no1. The van der Waals surface area contributed by atoms with Crippen LogP contribution in [0, 0.1) is 13.8 Å². The summed E-state index contributed by atoms with van der Waals surface area (Å²) in [4.78, 5) is 20.8. The number of carbonyl (C=O) groups is 1. The fourth-order valence-corrected chi connectivity index (χ4v) is 2.30. The van der Waals surface area contributed by atoms with Gasteiger partial charge in [-0.3, -0.25) is 4.79 Å². The van der Waals surface area contributed by atoms with Gasteiger partial charge in [-0.25, -0.2) is 4.98 Å². The molecule has 0 bridgehead atoms. The molecule has 0 aliphatic heterocycles. The lowest BCUT2D eigenvalue weighted by molar-refractivity contribution is 0.0944. The number of rotatable bonds is 5. The van der Waals surface area contributed by atoms with Crippen LogP contribution in [0.5, 0.6) is 0 Å². The topological polar surface area (TPSA) is 107 Å². The van der Waals surface area contributed by atoms with Gasteiger partial charge in [0.15, 0.2) is 5.82 Å². The van der Waals surface area contributed by atoms with E-state index in [1.165, 1.54) is 0 Å². The summed E-state index contributed by atoms with van der Waals surface area (Å²) in [5, 5.41) is 10.4. The van der Waals surface area contributed by atoms with Gasteiger partial charge in [0.1, 0.15) is 11.5 Å². The van der Waals surface area contributed by atoms with E-state index in [-0.39, 0.29) is 12.5 Å². The van der Waals surface area contributed by atoms with E-state index in [2.05, 4.69) is 25.6 Å². The Labute approximate surface area is 138 Å². The van der Waals surface area contributed by atoms with E-state index in [4.69, 9.17) is 9.05 Å². The number of pyridine rings is 1. The number of nitrogens with zero attached hydrogens (tertiary/aromatic N) is 4. The van der Waals surface area contributed by atoms with Crippen LogP contribution in [0.15, 0.2) is 27.2 Å². The van der Waals surface area contributed by atoms with Gasteiger partial charge < -0.3 is 14.4 Å². The fraction of sp³-hybridized carbons (Fsp3) is 0.312. The maximum Gasteiger partial charge on any atom is 0.270 e. The van der Waals surface area contributed by atoms with Gasteiger partial charge >= 0.3 is 0 Å². The standard InChI is InChI=1S/C16H17N5O3/c1-4-14-19-13(21-24-14)8-17-16(22)12-7-5-6-11(18-12)15-9(2)20-23-10(15)3/h5-7H,4,8H2,1-3H3,(H,17,22). The highest BCUT2D eigenvalue weighted by atomic mass is 16.5. The Hall–Kier alpha value is -3.03. The Balaban J connectivity index is 1.75. The molecule has 0 fully saturated rings. The first kappa shape index (κ1) is 15.9. The summed E-state index contributed by atoms with van der Waals surface area (Å²) in [6, 6.07) is 5.23. The molecule has 0 saturated carbocycles. The number of hydrogen-bond donors (Lipinski definition) is 1. The first-order valence-corrected chi connectivity index (χ1v) is 7.58. The summed E-state index contributed by atoms with van der Waals surface area (Å²) >= 11 is 0. The average Bonchev–Trinajstić information content (AvgIpc) is 3.19. The van der Waals surface area contributed by atoms with Crippen LogP contribution in [-0.2, 0) is 13.0 Å². The second-order valence-electron chi connectivity index (χ2n) is 5.25. The summed E-state index contributed by atoms with van der Waals surface area (Å²) in [6.07, 6.45) is 0.655. The molecule has 0 atom stereocenters. The van der Waals surface area contributed by atoms with E-state index in [0.717, 1.165) is 11.3 Å². The Morgan fingerprint density at radius 3 is 2.67 bits per heavy atom. The smallest absolute Gasteiger partial charge is 0.270 e. The van der Waals surface area contributed by atoms with Gasteiger partial charge in [-0.05, 0) is 26.0 Å². The van der Waals surface area contributed by atoms with Gasteiger partial charge in [0.2, 0.25) is 5.89 Å². The first-order chi connectivity index (χ1) is 11.6. The monoisotopic (exact) mass is 327 g/mol. The van der Waals surface area contributed by atoms with Gasteiger partial charge in [-0.2, -0.15) is 4.98 Å². The number of aromatic nitrogens is 4. The molecule has 0 aliphatic carbocycles. The maximum absolute atomic E-state index is 12.3. The molecule has 1 amide bonds. The van der Waals surface area contributed by atoms with Gasteiger partial charge in [-0.1, -0.05) is 23.3 Å². The van der Waals surface area contributed by atoms with E-state index in [1.807, 2.05) is 26.8 Å². The third-order valence-corrected chi connectivity index (χ3v) is 3.49. The summed E-state index contributed by atoms with van der Waals surface area (Å²) in [6.45, 7) is 5.74. The zero-order valence-electron chi connectivity index (χ0n) is 13.7. The molecular weight excluding hydrogens is 310 g/mol. The number of hydrogen-bond acceptors (Lipinski definition) is 7. The summed E-state index contributed by atoms with van der Waals surface area (Å²) in [5.74, 6) is 1.32. The van der Waals surface area contributed by atoms with Crippen LogP contribution < -0.4 is 5.32 Å². The van der Waals surface area contributed by atoms with Crippen molar-refractivity contribution in [2.75, 3.05) is 0 Å². The third kappa shape index (κ3) is 3.17. The molecule has 3 rings (SSSR count). The predicted molar refractivity (Wildman–Crippen MR) is 84.1 cm³/mol. The lowest BCUT2D eigenvalue weighted by Gasteiger charge is -2.04. The number of carbonyl (C=O) groups excluding carboxylic acids is 1. The van der Waals surface area contributed by atoms with E-state index in [0.29, 0.717) is 35.3 Å². The molecule has 0 radical (unpaired) electrons. The molecule has 8 nitrogen and oxygen atoms in total. The molecule has 24 heavy (non-hydrogen) atoms. The zero-order valence-corrected chi connectivity index (χ0v) is 13.7. The lowest BCUT2D eigenvalue weighted by atomic mass is 10.1. The van der Waals surface area contributed by atoms with Crippen molar-refractivity contribution >= 4 is 5.91 Å². The highest BCUT2D eigenvalue weighted by Gasteiger charge is 2.15. The normalized spacial score (nSPS) is 10.8. The molecule has 3 aromatic heterocycles. The molecule has 3 aromatic rings. The first-order valence-electron chi connectivity index (χ1n) is 7.58. The van der Waals surface area contributed by atoms with Crippen molar-refractivity contribution in [2.45, 2.75) is 33.7 Å². The van der Waals surface area contributed by atoms with Gasteiger partial charge in [0.25, 0.3) is 5.91 Å². The number of amides is 1. The minimum atomic E-state index is -0.313. The average molecular weight is 327 g/mol. The minimum Gasteiger partial charge on any atom is -0.361 e. The lowest BCUT2D eigenvalue weighted by Crippen LogP contribution is -2.24. The largest absolute Gasteiger partial charge is 0.361 e. The minimum absolute atomic E-state index is 0.180. The maximum atomic E-state index is 12.3. The molecule has 0 saturated heterocycles. The summed E-state index contributed by atoms with van der Waals surface area (Å²) in [5.41, 5.74) is 2.48. The van der Waals surface area contributed by atoms with E-state index < -0.39 is 0 Å². The Bertz CT molecular complexity index is 849. The van der Waals surface area contributed by atoms with Crippen molar-refractivity contribution < 1.29 is 13.8 Å². The van der Waals surface area contributed by atoms with Crippen LogP contribution in [0.3, 0.4) is 0 Å². The van der Waals surface area contributed by atoms with Crippen molar-refractivity contribution in [2.24, 2.45) is 0 Å². The Morgan fingerprint density at radius 1 is 1.17 bits per heavy atom. The number of nitrogens with one attached hydrogen (secondary N) is 1. The molecule has 3 heterocycles. The summed E-state index contributed by atoms with van der Waals surface area (Å²) in [7, 11) is 0. The van der Waals surface area contributed by atoms with Crippen LogP contribution in [0.4, 0.5) is 0 Å². The third-order valence-electron chi connectivity index (χ3n) is 3.49.